The van der Waals surface area contributed by atoms with Gasteiger partial charge in [0.2, 0.25) is 5.95 Å². The number of fused-ring (bicyclic) bond motifs is 1. The van der Waals surface area contributed by atoms with E-state index in [-0.39, 0.29) is 5.91 Å². The van der Waals surface area contributed by atoms with Gasteiger partial charge in [-0.25, -0.2) is 9.97 Å². The monoisotopic (exact) mass is 475 g/mol. The summed E-state index contributed by atoms with van der Waals surface area (Å²) in [5.41, 5.74) is 3.25. The van der Waals surface area contributed by atoms with Crippen LogP contribution in [0.4, 0.5) is 11.6 Å². The van der Waals surface area contributed by atoms with Crippen LogP contribution >= 0.6 is 11.3 Å². The number of carbonyl (C=O) groups excluding carboxylic acids is 1. The number of H-pyrrole nitrogens is 1. The van der Waals surface area contributed by atoms with Crippen molar-refractivity contribution in [1.82, 2.24) is 30.1 Å². The highest BCUT2D eigenvalue weighted by molar-refractivity contribution is 7.13. The van der Waals surface area contributed by atoms with Crippen molar-refractivity contribution in [2.75, 3.05) is 51.6 Å². The minimum Gasteiger partial charge on any atom is -0.351 e. The fraction of sp³-hybridized carbons (Fsp3) is 0.320. The molecule has 8 nitrogen and oxygen atoms in total. The van der Waals surface area contributed by atoms with Gasteiger partial charge in [0.25, 0.3) is 5.91 Å². The molecule has 34 heavy (non-hydrogen) atoms. The van der Waals surface area contributed by atoms with Crippen molar-refractivity contribution in [3.05, 3.63) is 59.7 Å². The summed E-state index contributed by atoms with van der Waals surface area (Å²) < 4.78 is 0. The Labute approximate surface area is 203 Å². The van der Waals surface area contributed by atoms with Crippen molar-refractivity contribution in [3.8, 4) is 10.6 Å². The lowest BCUT2D eigenvalue weighted by molar-refractivity contribution is 0.0945. The summed E-state index contributed by atoms with van der Waals surface area (Å²) in [7, 11) is 2.16. The molecule has 0 atom stereocenters. The maximum atomic E-state index is 12.6. The summed E-state index contributed by atoms with van der Waals surface area (Å²) in [6.07, 6.45) is 2.71. The van der Waals surface area contributed by atoms with Crippen molar-refractivity contribution < 1.29 is 4.79 Å². The fourth-order valence-electron chi connectivity index (χ4n) is 4.11. The molecule has 3 N–H and O–H groups in total. The third kappa shape index (κ3) is 5.44. The molecule has 1 amide bonds. The number of nitrogens with zero attached hydrogens (tertiary/aromatic N) is 4. The predicted octanol–water partition coefficient (Wildman–Crippen LogP) is 3.80. The molecule has 0 radical (unpaired) electrons. The Balaban J connectivity index is 1.17. The van der Waals surface area contributed by atoms with Crippen LogP contribution in [-0.2, 0) is 0 Å². The smallest absolute Gasteiger partial charge is 0.267 e. The van der Waals surface area contributed by atoms with Gasteiger partial charge in [0.15, 0.2) is 0 Å². The highest BCUT2D eigenvalue weighted by Gasteiger charge is 2.14. The van der Waals surface area contributed by atoms with Gasteiger partial charge >= 0.3 is 0 Å². The van der Waals surface area contributed by atoms with Gasteiger partial charge in [0, 0.05) is 55.5 Å². The van der Waals surface area contributed by atoms with E-state index in [9.17, 15) is 4.79 Å². The van der Waals surface area contributed by atoms with Crippen molar-refractivity contribution in [3.63, 3.8) is 0 Å². The first-order valence-electron chi connectivity index (χ1n) is 11.6. The van der Waals surface area contributed by atoms with E-state index in [2.05, 4.69) is 42.4 Å². The molecule has 3 aromatic heterocycles. The molecule has 4 aromatic rings. The van der Waals surface area contributed by atoms with Crippen LogP contribution in [0.3, 0.4) is 0 Å². The van der Waals surface area contributed by atoms with Crippen LogP contribution < -0.4 is 10.6 Å². The van der Waals surface area contributed by atoms with Crippen molar-refractivity contribution in [2.45, 2.75) is 6.42 Å². The zero-order chi connectivity index (χ0) is 23.3. The molecule has 0 spiro atoms. The largest absolute Gasteiger partial charge is 0.351 e. The topological polar surface area (TPSA) is 89.2 Å². The normalized spacial score (nSPS) is 15.0. The van der Waals surface area contributed by atoms with Gasteiger partial charge in [-0.3, -0.25) is 4.79 Å². The molecule has 176 valence electrons. The van der Waals surface area contributed by atoms with E-state index in [0.29, 0.717) is 18.2 Å². The second-order valence-corrected chi connectivity index (χ2v) is 9.55. The molecule has 0 bridgehead atoms. The Hall–Kier alpha value is -3.27. The second-order valence-electron chi connectivity index (χ2n) is 8.61. The number of anilines is 2. The van der Waals surface area contributed by atoms with Crippen LogP contribution in [-0.4, -0.2) is 77.0 Å². The van der Waals surface area contributed by atoms with Crippen LogP contribution in [0.25, 0.3) is 21.5 Å². The molecule has 0 unspecified atom stereocenters. The molecule has 9 heteroatoms. The molecule has 1 aromatic carbocycles. The van der Waals surface area contributed by atoms with Gasteiger partial charge in [-0.05, 0) is 61.8 Å². The summed E-state index contributed by atoms with van der Waals surface area (Å²) in [6.45, 7) is 6.13. The Morgan fingerprint density at radius 1 is 1.15 bits per heavy atom. The zero-order valence-electron chi connectivity index (χ0n) is 19.3. The first kappa shape index (κ1) is 22.5. The molecule has 4 heterocycles. The molecule has 0 aliphatic carbocycles. The molecular weight excluding hydrogens is 446 g/mol. The van der Waals surface area contributed by atoms with Gasteiger partial charge in [-0.15, -0.1) is 11.3 Å². The summed E-state index contributed by atoms with van der Waals surface area (Å²) in [5.74, 6) is 0.468. The average Bonchev–Trinajstić information content (AvgIpc) is 3.53. The molecule has 1 aliphatic heterocycles. The van der Waals surface area contributed by atoms with Crippen LogP contribution in [0.2, 0.25) is 0 Å². The van der Waals surface area contributed by atoms with Gasteiger partial charge in [-0.1, -0.05) is 6.07 Å². The standard InChI is InChI=1S/C25H29N7OS/c1-31-11-13-32(14-12-31)10-3-8-26-24(33)22-17-18-16-19(5-6-20(18)29-22)28-25-27-9-7-21(30-25)23-4-2-15-34-23/h2,4-7,9,15-17,29H,3,8,10-14H2,1H3,(H,26,33)(H,27,28,30). The van der Waals surface area contributed by atoms with Gasteiger partial charge in [-0.2, -0.15) is 0 Å². The molecule has 1 fully saturated rings. The number of amides is 1. The van der Waals surface area contributed by atoms with Crippen LogP contribution in [0.1, 0.15) is 16.9 Å². The number of hydrogen-bond donors (Lipinski definition) is 3. The molecular formula is C25H29N7OS. The third-order valence-corrected chi connectivity index (χ3v) is 6.98. The number of aromatic nitrogens is 3. The number of rotatable bonds is 8. The van der Waals surface area contributed by atoms with E-state index in [1.165, 1.54) is 0 Å². The number of likely N-dealkylation sites (N-methyl/N-ethyl adjacent to an activating group) is 1. The lowest BCUT2D eigenvalue weighted by Gasteiger charge is -2.32. The summed E-state index contributed by atoms with van der Waals surface area (Å²) in [5, 5.41) is 9.31. The van der Waals surface area contributed by atoms with E-state index < -0.39 is 0 Å². The van der Waals surface area contributed by atoms with Gasteiger partial charge < -0.3 is 25.4 Å². The Morgan fingerprint density at radius 3 is 2.85 bits per heavy atom. The zero-order valence-corrected chi connectivity index (χ0v) is 20.1. The van der Waals surface area contributed by atoms with Gasteiger partial charge in [0.1, 0.15) is 5.69 Å². The molecule has 0 saturated carbocycles. The highest BCUT2D eigenvalue weighted by atomic mass is 32.1. The minimum atomic E-state index is -0.0731. The number of piperazine rings is 1. The highest BCUT2D eigenvalue weighted by Crippen LogP contribution is 2.25. The third-order valence-electron chi connectivity index (χ3n) is 6.08. The van der Waals surface area contributed by atoms with Crippen molar-refractivity contribution in [1.29, 1.82) is 0 Å². The summed E-state index contributed by atoms with van der Waals surface area (Å²) >= 11 is 1.65. The Morgan fingerprint density at radius 2 is 2.03 bits per heavy atom. The number of hydrogen-bond acceptors (Lipinski definition) is 7. The van der Waals surface area contributed by atoms with Crippen LogP contribution in [0.15, 0.2) is 54.0 Å². The Kier molecular flexibility index (Phi) is 6.84. The van der Waals surface area contributed by atoms with Crippen molar-refractivity contribution in [2.24, 2.45) is 0 Å². The van der Waals surface area contributed by atoms with Crippen molar-refractivity contribution >= 4 is 39.8 Å². The van der Waals surface area contributed by atoms with Crippen LogP contribution in [0.5, 0.6) is 0 Å². The van der Waals surface area contributed by atoms with Crippen LogP contribution in [0, 0.1) is 0 Å². The van der Waals surface area contributed by atoms with E-state index in [4.69, 9.17) is 0 Å². The van der Waals surface area contributed by atoms with E-state index in [1.54, 1.807) is 17.5 Å². The number of thiophene rings is 1. The maximum absolute atomic E-state index is 12.6. The van der Waals surface area contributed by atoms with E-state index in [1.807, 2.05) is 47.8 Å². The van der Waals surface area contributed by atoms with Gasteiger partial charge in [0.05, 0.1) is 10.6 Å². The SMILES string of the molecule is CN1CCN(CCCNC(=O)c2cc3cc(Nc4nccc(-c5cccs5)n4)ccc3[nH]2)CC1. The lowest BCUT2D eigenvalue weighted by atomic mass is 10.2. The Bertz CT molecular complexity index is 1250. The maximum Gasteiger partial charge on any atom is 0.267 e. The fourth-order valence-corrected chi connectivity index (χ4v) is 4.81. The predicted molar refractivity (Wildman–Crippen MR) is 138 cm³/mol. The average molecular weight is 476 g/mol. The molecule has 1 saturated heterocycles. The number of nitrogens with one attached hydrogen (secondary N) is 3. The summed E-state index contributed by atoms with van der Waals surface area (Å²) in [6, 6.07) is 13.8. The summed E-state index contributed by atoms with van der Waals surface area (Å²) in [4.78, 5) is 30.7. The number of carbonyl (C=O) groups is 1. The second kappa shape index (κ2) is 10.3. The molecule has 5 rings (SSSR count). The quantitative estimate of drug-likeness (QED) is 0.336. The number of benzene rings is 1. The number of aromatic amines is 1. The van der Waals surface area contributed by atoms with E-state index in [0.717, 1.165) is 66.3 Å². The first-order valence-corrected chi connectivity index (χ1v) is 12.5. The van der Waals surface area contributed by atoms with E-state index >= 15 is 0 Å². The molecule has 1 aliphatic rings. The first-order chi connectivity index (χ1) is 16.6. The minimum absolute atomic E-state index is 0.0731. The lowest BCUT2D eigenvalue weighted by Crippen LogP contribution is -2.45.